The van der Waals surface area contributed by atoms with E-state index in [9.17, 15) is 4.79 Å². The molecule has 0 bridgehead atoms. The van der Waals surface area contributed by atoms with Crippen LogP contribution in [0.4, 0.5) is 5.95 Å². The summed E-state index contributed by atoms with van der Waals surface area (Å²) in [6.45, 7) is 4.33. The van der Waals surface area contributed by atoms with Crippen molar-refractivity contribution in [1.82, 2.24) is 20.4 Å². The Balaban J connectivity index is 1.35. The second-order valence-corrected chi connectivity index (χ2v) is 7.15. The van der Waals surface area contributed by atoms with Gasteiger partial charge in [0.25, 0.3) is 5.91 Å². The number of piperidine rings is 1. The molecule has 0 saturated carbocycles. The first-order chi connectivity index (χ1) is 15.2. The standard InChI is InChI=1S/C22H25N5O4/c1-2-29-19-7-3-4-8-20(19)31-18-6-5-10-27(15-18)22-24-12-16(13-25-22)21(28)23-14-17-9-11-30-26-17/h3-4,7-9,11-13,18H,2,5-6,10,14-15H2,1H3,(H,23,28). The molecule has 2 aromatic heterocycles. The first-order valence-corrected chi connectivity index (χ1v) is 10.4. The number of hydrogen-bond donors (Lipinski definition) is 1. The molecule has 3 heterocycles. The number of nitrogens with zero attached hydrogens (tertiary/aromatic N) is 4. The molecular weight excluding hydrogens is 398 g/mol. The average molecular weight is 423 g/mol. The highest BCUT2D eigenvalue weighted by atomic mass is 16.5. The van der Waals surface area contributed by atoms with Gasteiger partial charge in [0.15, 0.2) is 11.5 Å². The van der Waals surface area contributed by atoms with Gasteiger partial charge in [-0.3, -0.25) is 4.79 Å². The summed E-state index contributed by atoms with van der Waals surface area (Å²) in [4.78, 5) is 23.1. The summed E-state index contributed by atoms with van der Waals surface area (Å²) in [5, 5.41) is 6.53. The molecule has 4 rings (SSSR count). The zero-order valence-electron chi connectivity index (χ0n) is 17.4. The molecule has 1 aliphatic heterocycles. The van der Waals surface area contributed by atoms with Gasteiger partial charge < -0.3 is 24.2 Å². The highest BCUT2D eigenvalue weighted by molar-refractivity contribution is 5.93. The lowest BCUT2D eigenvalue weighted by molar-refractivity contribution is 0.0949. The molecule has 0 radical (unpaired) electrons. The summed E-state index contributed by atoms with van der Waals surface area (Å²) in [6.07, 6.45) is 6.45. The minimum absolute atomic E-state index is 0.00407. The molecule has 31 heavy (non-hydrogen) atoms. The minimum atomic E-state index is -0.262. The quantitative estimate of drug-likeness (QED) is 0.590. The lowest BCUT2D eigenvalue weighted by atomic mass is 10.1. The number of ether oxygens (including phenoxy) is 2. The normalized spacial score (nSPS) is 16.0. The van der Waals surface area contributed by atoms with Gasteiger partial charge in [0, 0.05) is 25.0 Å². The first-order valence-electron chi connectivity index (χ1n) is 10.4. The molecule has 1 amide bonds. The van der Waals surface area contributed by atoms with Crippen molar-refractivity contribution in [2.24, 2.45) is 0 Å². The van der Waals surface area contributed by atoms with Crippen LogP contribution >= 0.6 is 0 Å². The highest BCUT2D eigenvalue weighted by Gasteiger charge is 2.24. The summed E-state index contributed by atoms with van der Waals surface area (Å²) in [7, 11) is 0. The van der Waals surface area contributed by atoms with Crippen molar-refractivity contribution in [2.75, 3.05) is 24.6 Å². The Morgan fingerprint density at radius 3 is 2.77 bits per heavy atom. The number of para-hydroxylation sites is 2. The molecular formula is C22H25N5O4. The number of aromatic nitrogens is 3. The molecule has 1 saturated heterocycles. The second-order valence-electron chi connectivity index (χ2n) is 7.15. The smallest absolute Gasteiger partial charge is 0.254 e. The molecule has 9 heteroatoms. The molecule has 1 N–H and O–H groups in total. The lowest BCUT2D eigenvalue weighted by Crippen LogP contribution is -2.42. The van der Waals surface area contributed by atoms with E-state index < -0.39 is 0 Å². The van der Waals surface area contributed by atoms with E-state index in [2.05, 4.69) is 25.3 Å². The SMILES string of the molecule is CCOc1ccccc1OC1CCCN(c2ncc(C(=O)NCc3ccon3)cn2)C1. The zero-order chi connectivity index (χ0) is 21.5. The molecule has 1 atom stereocenters. The van der Waals surface area contributed by atoms with Gasteiger partial charge in [-0.25, -0.2) is 9.97 Å². The Kier molecular flexibility index (Phi) is 6.61. The molecule has 9 nitrogen and oxygen atoms in total. The van der Waals surface area contributed by atoms with Gasteiger partial charge >= 0.3 is 0 Å². The first kappa shape index (κ1) is 20.6. The van der Waals surface area contributed by atoms with Crippen LogP contribution in [0.3, 0.4) is 0 Å². The predicted octanol–water partition coefficient (Wildman–Crippen LogP) is 2.84. The Hall–Kier alpha value is -3.62. The van der Waals surface area contributed by atoms with Crippen LogP contribution in [0.25, 0.3) is 0 Å². The van der Waals surface area contributed by atoms with Crippen molar-refractivity contribution in [3.05, 3.63) is 60.2 Å². The Morgan fingerprint density at radius 2 is 2.03 bits per heavy atom. The topological polar surface area (TPSA) is 103 Å². The van der Waals surface area contributed by atoms with Gasteiger partial charge in [0.2, 0.25) is 5.95 Å². The summed E-state index contributed by atoms with van der Waals surface area (Å²) < 4.78 is 16.6. The van der Waals surface area contributed by atoms with Crippen LogP contribution in [0.5, 0.6) is 11.5 Å². The maximum absolute atomic E-state index is 12.3. The largest absolute Gasteiger partial charge is 0.490 e. The van der Waals surface area contributed by atoms with Crippen LogP contribution in [0.1, 0.15) is 35.8 Å². The third-order valence-electron chi connectivity index (χ3n) is 4.93. The van der Waals surface area contributed by atoms with Crippen molar-refractivity contribution >= 4 is 11.9 Å². The molecule has 3 aromatic rings. The van der Waals surface area contributed by atoms with Crippen LogP contribution in [0, 0.1) is 0 Å². The fraction of sp³-hybridized carbons (Fsp3) is 0.364. The number of benzene rings is 1. The number of nitrogens with one attached hydrogen (secondary N) is 1. The summed E-state index contributed by atoms with van der Waals surface area (Å²) in [5.74, 6) is 1.82. The number of amides is 1. The fourth-order valence-corrected chi connectivity index (χ4v) is 3.42. The van der Waals surface area contributed by atoms with Crippen molar-refractivity contribution in [1.29, 1.82) is 0 Å². The number of rotatable bonds is 8. The van der Waals surface area contributed by atoms with Gasteiger partial charge in [0.05, 0.1) is 25.3 Å². The van der Waals surface area contributed by atoms with Crippen molar-refractivity contribution < 1.29 is 18.8 Å². The Bertz CT molecular complexity index is 978. The van der Waals surface area contributed by atoms with Gasteiger partial charge in [-0.1, -0.05) is 17.3 Å². The molecule has 1 unspecified atom stereocenters. The summed E-state index contributed by atoms with van der Waals surface area (Å²) in [5.41, 5.74) is 1.04. The van der Waals surface area contributed by atoms with Crippen molar-refractivity contribution in [2.45, 2.75) is 32.4 Å². The molecule has 162 valence electrons. The Morgan fingerprint density at radius 1 is 1.23 bits per heavy atom. The predicted molar refractivity (Wildman–Crippen MR) is 113 cm³/mol. The number of carbonyl (C=O) groups is 1. The van der Waals surface area contributed by atoms with Crippen LogP contribution in [0.2, 0.25) is 0 Å². The van der Waals surface area contributed by atoms with Crippen molar-refractivity contribution in [3.63, 3.8) is 0 Å². The number of hydrogen-bond acceptors (Lipinski definition) is 8. The zero-order valence-corrected chi connectivity index (χ0v) is 17.4. The molecule has 1 aromatic carbocycles. The monoisotopic (exact) mass is 423 g/mol. The van der Waals surface area contributed by atoms with Crippen LogP contribution in [0.15, 0.2) is 53.5 Å². The van der Waals surface area contributed by atoms with E-state index in [1.807, 2.05) is 31.2 Å². The van der Waals surface area contributed by atoms with Gasteiger partial charge in [-0.05, 0) is 31.9 Å². The molecule has 0 spiro atoms. The van der Waals surface area contributed by atoms with E-state index in [4.69, 9.17) is 14.0 Å². The second kappa shape index (κ2) is 9.92. The average Bonchev–Trinajstić information content (AvgIpc) is 3.33. The van der Waals surface area contributed by atoms with Gasteiger partial charge in [-0.15, -0.1) is 0 Å². The summed E-state index contributed by atoms with van der Waals surface area (Å²) in [6, 6.07) is 9.40. The fourth-order valence-electron chi connectivity index (χ4n) is 3.42. The number of carbonyl (C=O) groups excluding carboxylic acids is 1. The Labute approximate surface area is 180 Å². The van der Waals surface area contributed by atoms with Gasteiger partial charge in [0.1, 0.15) is 18.1 Å². The molecule has 1 fully saturated rings. The van der Waals surface area contributed by atoms with Crippen LogP contribution < -0.4 is 19.7 Å². The maximum atomic E-state index is 12.3. The minimum Gasteiger partial charge on any atom is -0.490 e. The maximum Gasteiger partial charge on any atom is 0.254 e. The van der Waals surface area contributed by atoms with E-state index in [0.717, 1.165) is 30.9 Å². The van der Waals surface area contributed by atoms with E-state index in [-0.39, 0.29) is 18.6 Å². The van der Waals surface area contributed by atoms with Crippen LogP contribution in [-0.4, -0.2) is 46.8 Å². The van der Waals surface area contributed by atoms with Crippen LogP contribution in [-0.2, 0) is 6.54 Å². The third-order valence-corrected chi connectivity index (χ3v) is 4.93. The molecule has 0 aliphatic carbocycles. The van der Waals surface area contributed by atoms with E-state index in [1.165, 1.54) is 18.7 Å². The number of anilines is 1. The third kappa shape index (κ3) is 5.30. The van der Waals surface area contributed by atoms with Gasteiger partial charge in [-0.2, -0.15) is 0 Å². The lowest BCUT2D eigenvalue weighted by Gasteiger charge is -2.33. The molecule has 1 aliphatic rings. The van der Waals surface area contributed by atoms with Crippen molar-refractivity contribution in [3.8, 4) is 11.5 Å². The van der Waals surface area contributed by atoms with E-state index >= 15 is 0 Å². The van der Waals surface area contributed by atoms with E-state index in [0.29, 0.717) is 30.4 Å². The summed E-state index contributed by atoms with van der Waals surface area (Å²) >= 11 is 0. The highest BCUT2D eigenvalue weighted by Crippen LogP contribution is 2.29. The van der Waals surface area contributed by atoms with E-state index in [1.54, 1.807) is 6.07 Å².